The van der Waals surface area contributed by atoms with E-state index in [4.69, 9.17) is 9.84 Å². The minimum Gasteiger partial charge on any atom is -0.481 e. The molecule has 0 unspecified atom stereocenters. The maximum atomic E-state index is 13.5. The molecule has 1 aromatic rings. The number of carboxylic acid groups (broad SMARTS) is 1. The van der Waals surface area contributed by atoms with Crippen LogP contribution in [0.3, 0.4) is 0 Å². The summed E-state index contributed by atoms with van der Waals surface area (Å²) in [7, 11) is 0. The number of halogens is 1. The molecule has 3 rings (SSSR count). The molecule has 1 saturated heterocycles. The number of likely N-dealkylation sites (tertiary alicyclic amines) is 1. The largest absolute Gasteiger partial charge is 0.481 e. The van der Waals surface area contributed by atoms with Crippen LogP contribution in [0.15, 0.2) is 18.2 Å². The molecule has 20 heavy (non-hydrogen) atoms. The molecule has 0 bridgehead atoms. The van der Waals surface area contributed by atoms with Gasteiger partial charge in [0.2, 0.25) is 0 Å². The third-order valence-corrected chi connectivity index (χ3v) is 4.37. The van der Waals surface area contributed by atoms with Crippen LogP contribution in [0.1, 0.15) is 30.4 Å². The second kappa shape index (κ2) is 5.14. The number of piperidine rings is 1. The van der Waals surface area contributed by atoms with Crippen LogP contribution in [0.25, 0.3) is 0 Å². The molecule has 2 aliphatic rings. The van der Waals surface area contributed by atoms with Crippen LogP contribution in [0.2, 0.25) is 0 Å². The molecule has 4 nitrogen and oxygen atoms in total. The Labute approximate surface area is 117 Å². The average Bonchev–Trinajstić information content (AvgIpc) is 2.77. The van der Waals surface area contributed by atoms with Crippen LogP contribution < -0.4 is 0 Å². The van der Waals surface area contributed by atoms with E-state index in [0.29, 0.717) is 13.2 Å². The molecule has 1 N–H and O–H groups in total. The summed E-state index contributed by atoms with van der Waals surface area (Å²) < 4.78 is 19.4. The Morgan fingerprint density at radius 2 is 2.15 bits per heavy atom. The quantitative estimate of drug-likeness (QED) is 0.920. The number of hydrogen-bond donors (Lipinski definition) is 1. The average molecular weight is 279 g/mol. The molecule has 0 atom stereocenters. The first-order valence-electron chi connectivity index (χ1n) is 6.96. The van der Waals surface area contributed by atoms with E-state index >= 15 is 0 Å². The van der Waals surface area contributed by atoms with Crippen molar-refractivity contribution in [1.82, 2.24) is 4.90 Å². The van der Waals surface area contributed by atoms with Gasteiger partial charge >= 0.3 is 5.97 Å². The summed E-state index contributed by atoms with van der Waals surface area (Å²) in [6.07, 6.45) is 1.76. The zero-order valence-corrected chi connectivity index (χ0v) is 11.3. The van der Waals surface area contributed by atoms with Crippen molar-refractivity contribution in [2.75, 3.05) is 19.6 Å². The highest BCUT2D eigenvalue weighted by molar-refractivity contribution is 5.66. The number of nitrogens with zero attached hydrogens (tertiary/aromatic N) is 1. The Morgan fingerprint density at radius 3 is 2.85 bits per heavy atom. The van der Waals surface area contributed by atoms with Gasteiger partial charge in [-0.1, -0.05) is 6.07 Å². The molecule has 0 saturated carbocycles. The van der Waals surface area contributed by atoms with Crippen LogP contribution in [0, 0.1) is 5.82 Å². The molecule has 2 heterocycles. The van der Waals surface area contributed by atoms with Crippen LogP contribution in [-0.4, -0.2) is 35.6 Å². The van der Waals surface area contributed by atoms with Gasteiger partial charge in [0.15, 0.2) is 0 Å². The van der Waals surface area contributed by atoms with Crippen molar-refractivity contribution in [3.8, 4) is 0 Å². The fraction of sp³-hybridized carbons (Fsp3) is 0.533. The number of aliphatic carboxylic acids is 1. The van der Waals surface area contributed by atoms with E-state index in [1.54, 1.807) is 12.1 Å². The molecular formula is C15H18FNO3. The molecule has 1 aromatic carbocycles. The molecule has 0 amide bonds. The number of fused-ring (bicyclic) bond motifs is 2. The van der Waals surface area contributed by atoms with Crippen LogP contribution >= 0.6 is 0 Å². The second-order valence-corrected chi connectivity index (χ2v) is 5.57. The van der Waals surface area contributed by atoms with E-state index in [2.05, 4.69) is 4.90 Å². The lowest BCUT2D eigenvalue weighted by Gasteiger charge is -2.39. The molecule has 1 spiro atoms. The van der Waals surface area contributed by atoms with Gasteiger partial charge < -0.3 is 14.7 Å². The Bertz CT molecular complexity index is 524. The zero-order valence-electron chi connectivity index (χ0n) is 11.3. The van der Waals surface area contributed by atoms with E-state index in [1.165, 1.54) is 6.07 Å². The van der Waals surface area contributed by atoms with Crippen molar-refractivity contribution in [3.63, 3.8) is 0 Å². The monoisotopic (exact) mass is 279 g/mol. The van der Waals surface area contributed by atoms with Gasteiger partial charge in [0.05, 0.1) is 18.6 Å². The lowest BCUT2D eigenvalue weighted by Crippen LogP contribution is -2.43. The summed E-state index contributed by atoms with van der Waals surface area (Å²) in [6.45, 7) is 2.71. The Hall–Kier alpha value is -1.46. The molecule has 5 heteroatoms. The van der Waals surface area contributed by atoms with Gasteiger partial charge in [-0.2, -0.15) is 0 Å². The van der Waals surface area contributed by atoms with Gasteiger partial charge in [0.1, 0.15) is 5.82 Å². The number of carboxylic acids is 1. The first-order valence-corrected chi connectivity index (χ1v) is 6.96. The first-order chi connectivity index (χ1) is 9.59. The Balaban J connectivity index is 1.69. The van der Waals surface area contributed by atoms with Crippen molar-refractivity contribution in [2.24, 2.45) is 0 Å². The topological polar surface area (TPSA) is 49.8 Å². The van der Waals surface area contributed by atoms with E-state index in [-0.39, 0.29) is 17.8 Å². The van der Waals surface area contributed by atoms with Crippen molar-refractivity contribution in [1.29, 1.82) is 0 Å². The fourth-order valence-corrected chi connectivity index (χ4v) is 3.20. The standard InChI is InChI=1S/C15H18FNO3/c16-12-2-1-11-10-20-15(13(11)9-12)4-7-17(8-5-15)6-3-14(18)19/h1-2,9H,3-8,10H2,(H,18,19). The second-order valence-electron chi connectivity index (χ2n) is 5.57. The maximum absolute atomic E-state index is 13.5. The van der Waals surface area contributed by atoms with Crippen molar-refractivity contribution in [3.05, 3.63) is 35.1 Å². The SMILES string of the molecule is O=C(O)CCN1CCC2(CC1)OCc1ccc(F)cc12. The van der Waals surface area contributed by atoms with Crippen LogP contribution in [0.4, 0.5) is 4.39 Å². The minimum absolute atomic E-state index is 0.166. The minimum atomic E-state index is -0.769. The number of hydrogen-bond acceptors (Lipinski definition) is 3. The molecular weight excluding hydrogens is 261 g/mol. The summed E-state index contributed by atoms with van der Waals surface area (Å²) in [6, 6.07) is 4.87. The zero-order chi connectivity index (χ0) is 14.2. The number of ether oxygens (including phenoxy) is 1. The summed E-state index contributed by atoms with van der Waals surface area (Å²) in [5, 5.41) is 8.72. The van der Waals surface area contributed by atoms with E-state index in [0.717, 1.165) is 37.1 Å². The normalized spacial score (nSPS) is 21.1. The predicted octanol–water partition coefficient (Wildman–Crippen LogP) is 2.12. The number of carbonyl (C=O) groups is 1. The molecule has 0 aliphatic carbocycles. The highest BCUT2D eigenvalue weighted by Gasteiger charge is 2.42. The molecule has 1 fully saturated rings. The van der Waals surface area contributed by atoms with E-state index in [9.17, 15) is 9.18 Å². The maximum Gasteiger partial charge on any atom is 0.304 e. The lowest BCUT2D eigenvalue weighted by atomic mass is 9.83. The van der Waals surface area contributed by atoms with Crippen LogP contribution in [-0.2, 0) is 21.7 Å². The van der Waals surface area contributed by atoms with Crippen molar-refractivity contribution < 1.29 is 19.0 Å². The predicted molar refractivity (Wildman–Crippen MR) is 70.8 cm³/mol. The molecule has 2 aliphatic heterocycles. The van der Waals surface area contributed by atoms with Gasteiger partial charge in [0.25, 0.3) is 0 Å². The van der Waals surface area contributed by atoms with Crippen molar-refractivity contribution in [2.45, 2.75) is 31.5 Å². The molecule has 108 valence electrons. The Kier molecular flexibility index (Phi) is 3.48. The smallest absolute Gasteiger partial charge is 0.304 e. The number of rotatable bonds is 3. The summed E-state index contributed by atoms with van der Waals surface area (Å²) in [5.74, 6) is -0.989. The summed E-state index contributed by atoms with van der Waals surface area (Å²) in [5.41, 5.74) is 1.69. The lowest BCUT2D eigenvalue weighted by molar-refractivity contribution is -0.137. The van der Waals surface area contributed by atoms with Crippen LogP contribution in [0.5, 0.6) is 0 Å². The molecule has 0 radical (unpaired) electrons. The van der Waals surface area contributed by atoms with E-state index in [1.807, 2.05) is 0 Å². The number of benzene rings is 1. The first kappa shape index (κ1) is 13.5. The van der Waals surface area contributed by atoms with Gasteiger partial charge in [-0.25, -0.2) is 4.39 Å². The third kappa shape index (κ3) is 2.43. The van der Waals surface area contributed by atoms with Crippen molar-refractivity contribution >= 4 is 5.97 Å². The van der Waals surface area contributed by atoms with Gasteiger partial charge in [-0.15, -0.1) is 0 Å². The van der Waals surface area contributed by atoms with Gasteiger partial charge in [0, 0.05) is 19.6 Å². The van der Waals surface area contributed by atoms with Gasteiger partial charge in [-0.05, 0) is 36.1 Å². The molecule has 0 aromatic heterocycles. The van der Waals surface area contributed by atoms with Gasteiger partial charge in [-0.3, -0.25) is 4.79 Å². The summed E-state index contributed by atoms with van der Waals surface area (Å²) in [4.78, 5) is 12.7. The summed E-state index contributed by atoms with van der Waals surface area (Å²) >= 11 is 0. The Morgan fingerprint density at radius 1 is 1.40 bits per heavy atom. The third-order valence-electron chi connectivity index (χ3n) is 4.37. The van der Waals surface area contributed by atoms with E-state index < -0.39 is 5.97 Å². The highest BCUT2D eigenvalue weighted by atomic mass is 19.1. The highest BCUT2D eigenvalue weighted by Crippen LogP contribution is 2.44. The fourth-order valence-electron chi connectivity index (χ4n) is 3.20.